The van der Waals surface area contributed by atoms with Crippen molar-refractivity contribution in [3.8, 4) is 5.88 Å². The minimum Gasteiger partial charge on any atom is -0.473 e. The molecule has 3 rings (SSSR count). The van der Waals surface area contributed by atoms with Gasteiger partial charge in [0.25, 0.3) is 0 Å². The van der Waals surface area contributed by atoms with Crippen LogP contribution in [0.15, 0.2) is 53.7 Å². The molecule has 0 saturated carbocycles. The lowest BCUT2D eigenvalue weighted by Crippen LogP contribution is -2.53. The van der Waals surface area contributed by atoms with Gasteiger partial charge in [0.1, 0.15) is 12.2 Å². The smallest absolute Gasteiger partial charge is 0.410 e. The molecule has 1 aromatic carbocycles. The molecular weight excluding hydrogens is 521 g/mol. The molecule has 0 bridgehead atoms. The average Bonchev–Trinajstić information content (AvgIpc) is 2.76. The number of carbonyl (C=O) groups excluding carboxylic acids is 1. The maximum atomic E-state index is 12.2. The highest BCUT2D eigenvalue weighted by atomic mass is 127. The van der Waals surface area contributed by atoms with Crippen LogP contribution in [-0.2, 0) is 17.9 Å². The first-order chi connectivity index (χ1) is 14.8. The fourth-order valence-corrected chi connectivity index (χ4v) is 3.08. The number of carbonyl (C=O) groups is 1. The third-order valence-electron chi connectivity index (χ3n) is 4.71. The summed E-state index contributed by atoms with van der Waals surface area (Å²) < 4.78 is 11.2. The van der Waals surface area contributed by atoms with Crippen LogP contribution in [-0.4, -0.2) is 58.6 Å². The molecule has 0 unspecified atom stereocenters. The first-order valence-corrected chi connectivity index (χ1v) is 10.4. The normalized spacial score (nSPS) is 14.5. The molecule has 1 aliphatic rings. The Morgan fingerprint density at radius 3 is 2.38 bits per heavy atom. The van der Waals surface area contributed by atoms with Gasteiger partial charge in [0.15, 0.2) is 5.96 Å². The van der Waals surface area contributed by atoms with Crippen LogP contribution in [0.4, 0.5) is 4.79 Å². The molecule has 8 nitrogen and oxygen atoms in total. The molecule has 174 valence electrons. The van der Waals surface area contributed by atoms with Crippen LogP contribution in [0.3, 0.4) is 0 Å². The molecule has 0 aliphatic carbocycles. The van der Waals surface area contributed by atoms with Crippen molar-refractivity contribution in [3.63, 3.8) is 0 Å². The predicted octanol–water partition coefficient (Wildman–Crippen LogP) is 3.65. The van der Waals surface area contributed by atoms with E-state index >= 15 is 0 Å². The molecule has 1 saturated heterocycles. The van der Waals surface area contributed by atoms with E-state index in [4.69, 9.17) is 15.2 Å². The van der Waals surface area contributed by atoms with E-state index < -0.39 is 5.60 Å². The number of aromatic nitrogens is 1. The minimum atomic E-state index is -0.497. The summed E-state index contributed by atoms with van der Waals surface area (Å²) in [4.78, 5) is 24.6. The van der Waals surface area contributed by atoms with Gasteiger partial charge in [-0.2, -0.15) is 0 Å². The standard InChI is InChI=1S/C23H31N5O3.HI/c1-23(2,3)31-22(29)28-13-11-27(12-14-28)21(24)26-16-19-9-10-25-20(15-19)30-17-18-7-5-4-6-8-18;/h4-10,15H,11-14,16-17H2,1-3H3,(H2,24,26);1H. The van der Waals surface area contributed by atoms with Gasteiger partial charge in [-0.15, -0.1) is 24.0 Å². The summed E-state index contributed by atoms with van der Waals surface area (Å²) in [6, 6.07) is 13.7. The Morgan fingerprint density at radius 1 is 1.06 bits per heavy atom. The number of aliphatic imine (C=N–C) groups is 1. The average molecular weight is 553 g/mol. The number of nitrogens with zero attached hydrogens (tertiary/aromatic N) is 4. The van der Waals surface area contributed by atoms with Gasteiger partial charge in [-0.25, -0.2) is 14.8 Å². The molecule has 2 aromatic rings. The molecule has 1 fully saturated rings. The van der Waals surface area contributed by atoms with Crippen molar-refractivity contribution in [3.05, 3.63) is 59.8 Å². The van der Waals surface area contributed by atoms with Crippen molar-refractivity contribution < 1.29 is 14.3 Å². The van der Waals surface area contributed by atoms with Crippen LogP contribution in [0, 0.1) is 0 Å². The molecule has 2 N–H and O–H groups in total. The lowest BCUT2D eigenvalue weighted by atomic mass is 10.2. The van der Waals surface area contributed by atoms with Gasteiger partial charge >= 0.3 is 6.09 Å². The van der Waals surface area contributed by atoms with E-state index in [1.807, 2.05) is 68.1 Å². The van der Waals surface area contributed by atoms with Crippen LogP contribution in [0.5, 0.6) is 5.88 Å². The van der Waals surface area contributed by atoms with Crippen molar-refractivity contribution in [1.82, 2.24) is 14.8 Å². The fraction of sp³-hybridized carbons (Fsp3) is 0.435. The number of hydrogen-bond acceptors (Lipinski definition) is 5. The van der Waals surface area contributed by atoms with E-state index in [0.29, 0.717) is 51.2 Å². The number of benzene rings is 1. The molecule has 1 aromatic heterocycles. The van der Waals surface area contributed by atoms with E-state index in [1.165, 1.54) is 0 Å². The van der Waals surface area contributed by atoms with Gasteiger partial charge in [-0.1, -0.05) is 30.3 Å². The van der Waals surface area contributed by atoms with Gasteiger partial charge < -0.3 is 25.0 Å². The van der Waals surface area contributed by atoms with Crippen molar-refractivity contribution in [2.75, 3.05) is 26.2 Å². The summed E-state index contributed by atoms with van der Waals surface area (Å²) in [5, 5.41) is 0. The van der Waals surface area contributed by atoms with Crippen molar-refractivity contribution in [2.45, 2.75) is 39.5 Å². The minimum absolute atomic E-state index is 0. The Bertz CT molecular complexity index is 894. The van der Waals surface area contributed by atoms with Crippen LogP contribution >= 0.6 is 24.0 Å². The largest absolute Gasteiger partial charge is 0.473 e. The highest BCUT2D eigenvalue weighted by Crippen LogP contribution is 2.14. The zero-order valence-corrected chi connectivity index (χ0v) is 21.2. The lowest BCUT2D eigenvalue weighted by molar-refractivity contribution is 0.0186. The van der Waals surface area contributed by atoms with E-state index in [9.17, 15) is 4.79 Å². The Kier molecular flexibility index (Phi) is 9.55. The Morgan fingerprint density at radius 2 is 1.72 bits per heavy atom. The number of guanidine groups is 1. The SMILES string of the molecule is CC(C)(C)OC(=O)N1CCN(C(N)=NCc2ccnc(OCc3ccccc3)c2)CC1.I. The van der Waals surface area contributed by atoms with Crippen LogP contribution in [0.25, 0.3) is 0 Å². The summed E-state index contributed by atoms with van der Waals surface area (Å²) in [6.07, 6.45) is 1.42. The summed E-state index contributed by atoms with van der Waals surface area (Å²) >= 11 is 0. The van der Waals surface area contributed by atoms with Gasteiger partial charge in [0, 0.05) is 38.4 Å². The second-order valence-electron chi connectivity index (χ2n) is 8.41. The number of pyridine rings is 1. The highest BCUT2D eigenvalue weighted by molar-refractivity contribution is 14.0. The Balaban J connectivity index is 0.00000363. The van der Waals surface area contributed by atoms with Gasteiger partial charge in [-0.05, 0) is 38.0 Å². The monoisotopic (exact) mass is 553 g/mol. The molecule has 0 atom stereocenters. The van der Waals surface area contributed by atoms with Gasteiger partial charge in [0.2, 0.25) is 5.88 Å². The predicted molar refractivity (Wildman–Crippen MR) is 135 cm³/mol. The van der Waals surface area contributed by atoms with Crippen LogP contribution in [0.1, 0.15) is 31.9 Å². The zero-order chi connectivity index (χ0) is 22.3. The maximum Gasteiger partial charge on any atom is 0.410 e. The van der Waals surface area contributed by atoms with Crippen molar-refractivity contribution in [1.29, 1.82) is 0 Å². The molecule has 0 radical (unpaired) electrons. The van der Waals surface area contributed by atoms with E-state index in [-0.39, 0.29) is 30.1 Å². The van der Waals surface area contributed by atoms with E-state index in [2.05, 4.69) is 9.98 Å². The summed E-state index contributed by atoms with van der Waals surface area (Å²) in [6.45, 7) is 8.84. The number of rotatable bonds is 5. The highest BCUT2D eigenvalue weighted by Gasteiger charge is 2.26. The zero-order valence-electron chi connectivity index (χ0n) is 18.9. The number of hydrogen-bond donors (Lipinski definition) is 1. The third kappa shape index (κ3) is 8.18. The first-order valence-electron chi connectivity index (χ1n) is 10.4. The van der Waals surface area contributed by atoms with Crippen molar-refractivity contribution >= 4 is 36.0 Å². The quantitative estimate of drug-likeness (QED) is 0.345. The second kappa shape index (κ2) is 11.9. The number of piperazine rings is 1. The molecule has 1 amide bonds. The van der Waals surface area contributed by atoms with E-state index in [1.54, 1.807) is 11.1 Å². The van der Waals surface area contributed by atoms with E-state index in [0.717, 1.165) is 11.1 Å². The molecule has 32 heavy (non-hydrogen) atoms. The summed E-state index contributed by atoms with van der Waals surface area (Å²) in [5.41, 5.74) is 7.74. The Hall–Kier alpha value is -2.56. The molecule has 0 spiro atoms. The molecular formula is C23H32IN5O3. The first kappa shape index (κ1) is 25.7. The fourth-order valence-electron chi connectivity index (χ4n) is 3.08. The number of nitrogens with two attached hydrogens (primary N) is 1. The number of ether oxygens (including phenoxy) is 2. The summed E-state index contributed by atoms with van der Waals surface area (Å²) in [5.74, 6) is 1.02. The van der Waals surface area contributed by atoms with Gasteiger partial charge in [-0.3, -0.25) is 0 Å². The topological polar surface area (TPSA) is 93.3 Å². The van der Waals surface area contributed by atoms with Crippen molar-refractivity contribution in [2.24, 2.45) is 10.7 Å². The number of amides is 1. The third-order valence-corrected chi connectivity index (χ3v) is 4.71. The van der Waals surface area contributed by atoms with Crippen LogP contribution in [0.2, 0.25) is 0 Å². The number of halogens is 1. The second-order valence-corrected chi connectivity index (χ2v) is 8.41. The summed E-state index contributed by atoms with van der Waals surface area (Å²) in [7, 11) is 0. The molecule has 2 heterocycles. The molecule has 1 aliphatic heterocycles. The van der Waals surface area contributed by atoms with Crippen LogP contribution < -0.4 is 10.5 Å². The lowest BCUT2D eigenvalue weighted by Gasteiger charge is -2.36. The van der Waals surface area contributed by atoms with Gasteiger partial charge in [0.05, 0.1) is 6.54 Å². The maximum absolute atomic E-state index is 12.2. The molecule has 9 heteroatoms. The Labute approximate surface area is 206 Å².